The Bertz CT molecular complexity index is 263. The first kappa shape index (κ1) is 9.53. The summed E-state index contributed by atoms with van der Waals surface area (Å²) < 4.78 is 1.16. The summed E-state index contributed by atoms with van der Waals surface area (Å²) in [6, 6.07) is 8.25. The van der Waals surface area contributed by atoms with Crippen molar-refractivity contribution in [3.8, 4) is 0 Å². The van der Waals surface area contributed by atoms with Crippen molar-refractivity contribution in [1.82, 2.24) is 0 Å². The number of hydrogen-bond donors (Lipinski definition) is 0. The van der Waals surface area contributed by atoms with Crippen LogP contribution in [0.1, 0.15) is 25.3 Å². The Labute approximate surface area is 82.4 Å². The summed E-state index contributed by atoms with van der Waals surface area (Å²) in [6.45, 7) is 2.18. The third-order valence-electron chi connectivity index (χ3n) is 1.66. The third-order valence-corrected chi connectivity index (χ3v) is 2.38. The van der Waals surface area contributed by atoms with Gasteiger partial charge in [0.2, 0.25) is 0 Å². The Morgan fingerprint density at radius 1 is 1.33 bits per heavy atom. The summed E-state index contributed by atoms with van der Waals surface area (Å²) in [5, 5.41) is 0. The summed E-state index contributed by atoms with van der Waals surface area (Å²) in [6.07, 6.45) is 6.73. The molecule has 0 unspecified atom stereocenters. The van der Waals surface area contributed by atoms with Gasteiger partial charge < -0.3 is 0 Å². The molecule has 0 nitrogen and oxygen atoms in total. The molecular weight excluding hydrogens is 212 g/mol. The lowest BCUT2D eigenvalue weighted by Crippen LogP contribution is -1.73. The van der Waals surface area contributed by atoms with E-state index in [-0.39, 0.29) is 0 Å². The van der Waals surface area contributed by atoms with E-state index < -0.39 is 0 Å². The van der Waals surface area contributed by atoms with Gasteiger partial charge in [0.25, 0.3) is 0 Å². The third kappa shape index (κ3) is 2.82. The predicted octanol–water partition coefficient (Wildman–Crippen LogP) is 4.26. The molecule has 0 radical (unpaired) electrons. The van der Waals surface area contributed by atoms with Crippen LogP contribution in [-0.4, -0.2) is 0 Å². The summed E-state index contributed by atoms with van der Waals surface area (Å²) in [5.74, 6) is 0. The molecule has 0 aliphatic rings. The average Bonchev–Trinajstić information content (AvgIpc) is 2.09. The molecule has 0 aliphatic heterocycles. The molecule has 0 aromatic heterocycles. The van der Waals surface area contributed by atoms with E-state index in [2.05, 4.69) is 53.2 Å². The largest absolute Gasteiger partial charge is 0.0839 e. The van der Waals surface area contributed by atoms with Gasteiger partial charge in [-0.3, -0.25) is 0 Å². The lowest BCUT2D eigenvalue weighted by Gasteiger charge is -1.95. The first-order chi connectivity index (χ1) is 5.84. The molecule has 1 aromatic carbocycles. The van der Waals surface area contributed by atoms with Gasteiger partial charge in [0.15, 0.2) is 0 Å². The minimum absolute atomic E-state index is 1.15. The number of halogens is 1. The van der Waals surface area contributed by atoms with Crippen LogP contribution in [0.25, 0.3) is 6.08 Å². The Morgan fingerprint density at radius 2 is 2.08 bits per heavy atom. The Kier molecular flexibility index (Phi) is 4.09. The van der Waals surface area contributed by atoms with Gasteiger partial charge in [0.1, 0.15) is 0 Å². The zero-order valence-corrected chi connectivity index (χ0v) is 8.84. The second kappa shape index (κ2) is 5.15. The molecule has 1 aromatic rings. The maximum atomic E-state index is 3.50. The fourth-order valence-corrected chi connectivity index (χ4v) is 1.40. The fraction of sp³-hybridized carbons (Fsp3) is 0.273. The molecule has 64 valence electrons. The SMILES string of the molecule is CCC/C=C\c1ccccc1Br. The van der Waals surface area contributed by atoms with E-state index in [4.69, 9.17) is 0 Å². The van der Waals surface area contributed by atoms with Crippen molar-refractivity contribution in [2.75, 3.05) is 0 Å². The van der Waals surface area contributed by atoms with Crippen LogP contribution in [0.4, 0.5) is 0 Å². The second-order valence-electron chi connectivity index (χ2n) is 2.71. The molecule has 1 heteroatoms. The van der Waals surface area contributed by atoms with Crippen LogP contribution < -0.4 is 0 Å². The van der Waals surface area contributed by atoms with Gasteiger partial charge in [0.05, 0.1) is 0 Å². The highest BCUT2D eigenvalue weighted by Crippen LogP contribution is 2.17. The first-order valence-electron chi connectivity index (χ1n) is 4.25. The first-order valence-corrected chi connectivity index (χ1v) is 5.05. The molecule has 0 amide bonds. The minimum Gasteiger partial charge on any atom is -0.0839 e. The van der Waals surface area contributed by atoms with Crippen LogP contribution in [0.3, 0.4) is 0 Å². The highest BCUT2D eigenvalue weighted by atomic mass is 79.9. The summed E-state index contributed by atoms with van der Waals surface area (Å²) in [7, 11) is 0. The average molecular weight is 225 g/mol. The standard InChI is InChI=1S/C11H13Br/c1-2-3-4-7-10-8-5-6-9-11(10)12/h4-9H,2-3H2,1H3/b7-4-. The summed E-state index contributed by atoms with van der Waals surface area (Å²) in [4.78, 5) is 0. The molecule has 12 heavy (non-hydrogen) atoms. The minimum atomic E-state index is 1.15. The zero-order valence-electron chi connectivity index (χ0n) is 7.26. The number of rotatable bonds is 3. The van der Waals surface area contributed by atoms with Crippen LogP contribution in [0.5, 0.6) is 0 Å². The van der Waals surface area contributed by atoms with E-state index in [1.807, 2.05) is 6.07 Å². The number of hydrogen-bond acceptors (Lipinski definition) is 0. The molecule has 0 aliphatic carbocycles. The smallest absolute Gasteiger partial charge is 0.0247 e. The van der Waals surface area contributed by atoms with Crippen LogP contribution in [0.15, 0.2) is 34.8 Å². The Morgan fingerprint density at radius 3 is 2.75 bits per heavy atom. The number of allylic oxidation sites excluding steroid dienone is 1. The summed E-state index contributed by atoms with van der Waals surface area (Å²) >= 11 is 3.50. The van der Waals surface area contributed by atoms with Gasteiger partial charge in [-0.2, -0.15) is 0 Å². The van der Waals surface area contributed by atoms with Gasteiger partial charge in [-0.1, -0.05) is 59.6 Å². The highest BCUT2D eigenvalue weighted by molar-refractivity contribution is 9.10. The Balaban J connectivity index is 2.68. The second-order valence-corrected chi connectivity index (χ2v) is 3.57. The van der Waals surface area contributed by atoms with Crippen molar-refractivity contribution in [3.05, 3.63) is 40.4 Å². The quantitative estimate of drug-likeness (QED) is 0.720. The highest BCUT2D eigenvalue weighted by Gasteiger charge is 1.90. The van der Waals surface area contributed by atoms with E-state index in [0.29, 0.717) is 0 Å². The van der Waals surface area contributed by atoms with Crippen molar-refractivity contribution in [2.45, 2.75) is 19.8 Å². The van der Waals surface area contributed by atoms with Crippen LogP contribution in [0, 0.1) is 0 Å². The lowest BCUT2D eigenvalue weighted by molar-refractivity contribution is 0.962. The molecule has 0 N–H and O–H groups in total. The van der Waals surface area contributed by atoms with Crippen LogP contribution >= 0.6 is 15.9 Å². The molecule has 0 fully saturated rings. The topological polar surface area (TPSA) is 0 Å². The molecule has 0 saturated heterocycles. The number of benzene rings is 1. The Hall–Kier alpha value is -0.560. The van der Waals surface area contributed by atoms with Crippen molar-refractivity contribution < 1.29 is 0 Å². The van der Waals surface area contributed by atoms with Crippen molar-refractivity contribution in [3.63, 3.8) is 0 Å². The molecule has 0 spiro atoms. The van der Waals surface area contributed by atoms with E-state index in [9.17, 15) is 0 Å². The maximum absolute atomic E-state index is 3.50. The maximum Gasteiger partial charge on any atom is 0.0247 e. The van der Waals surface area contributed by atoms with Gasteiger partial charge >= 0.3 is 0 Å². The van der Waals surface area contributed by atoms with Gasteiger partial charge in [-0.05, 0) is 18.1 Å². The van der Waals surface area contributed by atoms with E-state index in [0.717, 1.165) is 10.9 Å². The molecule has 1 rings (SSSR count). The van der Waals surface area contributed by atoms with Crippen molar-refractivity contribution in [2.24, 2.45) is 0 Å². The van der Waals surface area contributed by atoms with Crippen LogP contribution in [0.2, 0.25) is 0 Å². The molecule has 0 atom stereocenters. The van der Waals surface area contributed by atoms with E-state index >= 15 is 0 Å². The molecule has 0 saturated carbocycles. The van der Waals surface area contributed by atoms with E-state index in [1.54, 1.807) is 0 Å². The molecule has 0 bridgehead atoms. The normalized spacial score (nSPS) is 10.8. The van der Waals surface area contributed by atoms with Gasteiger partial charge in [-0.15, -0.1) is 0 Å². The van der Waals surface area contributed by atoms with Gasteiger partial charge in [0, 0.05) is 4.47 Å². The molecular formula is C11H13Br. The predicted molar refractivity (Wildman–Crippen MR) is 58.1 cm³/mol. The van der Waals surface area contributed by atoms with Gasteiger partial charge in [-0.25, -0.2) is 0 Å². The van der Waals surface area contributed by atoms with Crippen LogP contribution in [-0.2, 0) is 0 Å². The summed E-state index contributed by atoms with van der Waals surface area (Å²) in [5.41, 5.74) is 1.26. The van der Waals surface area contributed by atoms with Crippen molar-refractivity contribution >= 4 is 22.0 Å². The van der Waals surface area contributed by atoms with E-state index in [1.165, 1.54) is 12.0 Å². The van der Waals surface area contributed by atoms with Crippen molar-refractivity contribution in [1.29, 1.82) is 0 Å². The zero-order chi connectivity index (χ0) is 8.81. The monoisotopic (exact) mass is 224 g/mol. The fourth-order valence-electron chi connectivity index (χ4n) is 0.987. The number of unbranched alkanes of at least 4 members (excludes halogenated alkanes) is 1. The molecule has 0 heterocycles. The lowest BCUT2D eigenvalue weighted by atomic mass is 10.2.